The number of nitrogens with zero attached hydrogens (tertiary/aromatic N) is 3. The standard InChI is InChI=1S/C18H16N4O2/c1-3-13-18(11-21)15(22)24-16(2,23-13)14(17(18,9-19)10-20)12-7-5-4-6-8-12/h4-8,13-14,22H,3H2,1-2H3/t13-,14-,16+,18+/m0/s1. The van der Waals surface area contributed by atoms with E-state index >= 15 is 0 Å². The Balaban J connectivity index is 2.37. The molecule has 0 radical (unpaired) electrons. The van der Waals surface area contributed by atoms with Crippen LogP contribution in [0.5, 0.6) is 0 Å². The highest BCUT2D eigenvalue weighted by Crippen LogP contribution is 2.65. The van der Waals surface area contributed by atoms with E-state index in [2.05, 4.69) is 12.1 Å². The van der Waals surface area contributed by atoms with Gasteiger partial charge in [0.05, 0.1) is 30.2 Å². The lowest BCUT2D eigenvalue weighted by Crippen LogP contribution is -2.73. The van der Waals surface area contributed by atoms with Crippen LogP contribution in [0.25, 0.3) is 0 Å². The molecular formula is C18H16N4O2. The maximum Gasteiger partial charge on any atom is 0.219 e. The zero-order valence-electron chi connectivity index (χ0n) is 13.4. The minimum atomic E-state index is -1.77. The molecule has 24 heavy (non-hydrogen) atoms. The topological polar surface area (TPSA) is 114 Å². The quantitative estimate of drug-likeness (QED) is 0.900. The van der Waals surface area contributed by atoms with E-state index in [4.69, 9.17) is 14.9 Å². The number of fused-ring (bicyclic) bond motifs is 3. The molecule has 3 fully saturated rings. The maximum absolute atomic E-state index is 10.0. The molecule has 0 amide bonds. The van der Waals surface area contributed by atoms with Crippen molar-refractivity contribution in [2.75, 3.05) is 0 Å². The Kier molecular flexibility index (Phi) is 3.37. The summed E-state index contributed by atoms with van der Waals surface area (Å²) in [5, 5.41) is 38.2. The van der Waals surface area contributed by atoms with Crippen LogP contribution in [0.2, 0.25) is 0 Å². The van der Waals surface area contributed by atoms with E-state index in [-0.39, 0.29) is 5.90 Å². The average Bonchev–Trinajstić information content (AvgIpc) is 2.60. The highest BCUT2D eigenvalue weighted by atomic mass is 16.7. The second-order valence-electron chi connectivity index (χ2n) is 6.26. The molecule has 4 rings (SSSR count). The van der Waals surface area contributed by atoms with Gasteiger partial charge in [-0.3, -0.25) is 5.41 Å². The van der Waals surface area contributed by atoms with Crippen molar-refractivity contribution >= 4 is 5.90 Å². The molecule has 120 valence electrons. The first-order valence-electron chi connectivity index (χ1n) is 7.70. The molecule has 0 aliphatic carbocycles. The summed E-state index contributed by atoms with van der Waals surface area (Å²) >= 11 is 0. The molecule has 6 heteroatoms. The average molecular weight is 320 g/mol. The fourth-order valence-electron chi connectivity index (χ4n) is 4.13. The third-order valence-electron chi connectivity index (χ3n) is 5.13. The van der Waals surface area contributed by atoms with Gasteiger partial charge in [0.25, 0.3) is 0 Å². The molecule has 1 N–H and O–H groups in total. The molecule has 3 aliphatic rings. The van der Waals surface area contributed by atoms with Gasteiger partial charge in [0.2, 0.25) is 11.7 Å². The normalized spacial score (nSPS) is 36.0. The first-order chi connectivity index (χ1) is 11.5. The number of hydrogen-bond donors (Lipinski definition) is 1. The van der Waals surface area contributed by atoms with E-state index in [1.807, 2.05) is 12.1 Å². The highest BCUT2D eigenvalue weighted by Gasteiger charge is 2.78. The lowest BCUT2D eigenvalue weighted by Gasteiger charge is -2.61. The molecule has 0 unspecified atom stereocenters. The zero-order chi connectivity index (χ0) is 17.6. The SMILES string of the molecule is CC[C@@H]1O[C@]2(C)OC(=N)[C@]1(C#N)C(C#N)(C#N)[C@H]2c1ccccc1. The summed E-state index contributed by atoms with van der Waals surface area (Å²) in [5.74, 6) is -2.53. The number of hydrogen-bond acceptors (Lipinski definition) is 6. The van der Waals surface area contributed by atoms with Crippen LogP contribution in [0.15, 0.2) is 30.3 Å². The summed E-state index contributed by atoms with van der Waals surface area (Å²) in [6.07, 6.45) is -0.366. The third kappa shape index (κ3) is 1.58. The van der Waals surface area contributed by atoms with Crippen molar-refractivity contribution < 1.29 is 9.47 Å². The Labute approximate surface area is 140 Å². The second kappa shape index (κ2) is 5.06. The molecule has 3 aliphatic heterocycles. The van der Waals surface area contributed by atoms with Gasteiger partial charge in [-0.1, -0.05) is 37.3 Å². The lowest BCUT2D eigenvalue weighted by molar-refractivity contribution is -0.319. The number of benzene rings is 1. The van der Waals surface area contributed by atoms with Crippen molar-refractivity contribution in [3.8, 4) is 18.2 Å². The van der Waals surface area contributed by atoms with E-state index in [1.54, 1.807) is 38.1 Å². The van der Waals surface area contributed by atoms with Crippen LogP contribution in [-0.2, 0) is 9.47 Å². The number of rotatable bonds is 2. The maximum atomic E-state index is 10.0. The number of nitriles is 3. The highest BCUT2D eigenvalue weighted by molar-refractivity contribution is 5.89. The monoisotopic (exact) mass is 320 g/mol. The Hall–Kier alpha value is -2.88. The minimum absolute atomic E-state index is 0.360. The van der Waals surface area contributed by atoms with Crippen molar-refractivity contribution in [3.63, 3.8) is 0 Å². The smallest absolute Gasteiger partial charge is 0.219 e. The number of ether oxygens (including phenoxy) is 2. The minimum Gasteiger partial charge on any atom is -0.447 e. The molecule has 3 saturated heterocycles. The second-order valence-corrected chi connectivity index (χ2v) is 6.26. The van der Waals surface area contributed by atoms with Crippen LogP contribution < -0.4 is 0 Å². The summed E-state index contributed by atoms with van der Waals surface area (Å²) < 4.78 is 11.7. The van der Waals surface area contributed by atoms with Crippen molar-refractivity contribution in [1.29, 1.82) is 21.2 Å². The molecule has 0 spiro atoms. The molecule has 0 aromatic heterocycles. The van der Waals surface area contributed by atoms with E-state index in [0.29, 0.717) is 12.0 Å². The molecule has 6 nitrogen and oxygen atoms in total. The summed E-state index contributed by atoms with van der Waals surface area (Å²) in [6.45, 7) is 3.43. The molecular weight excluding hydrogens is 304 g/mol. The Bertz CT molecular complexity index is 802. The van der Waals surface area contributed by atoms with E-state index in [1.165, 1.54) is 0 Å². The van der Waals surface area contributed by atoms with Gasteiger partial charge >= 0.3 is 0 Å². The van der Waals surface area contributed by atoms with Gasteiger partial charge in [0.15, 0.2) is 10.8 Å². The molecule has 1 aromatic carbocycles. The molecule has 1 aromatic rings. The fraction of sp³-hybridized carbons (Fsp3) is 0.444. The van der Waals surface area contributed by atoms with Gasteiger partial charge in [-0.25, -0.2) is 0 Å². The van der Waals surface area contributed by atoms with Crippen LogP contribution in [-0.4, -0.2) is 17.8 Å². The summed E-state index contributed by atoms with van der Waals surface area (Å²) in [6, 6.07) is 15.2. The van der Waals surface area contributed by atoms with Crippen molar-refractivity contribution in [2.24, 2.45) is 10.8 Å². The van der Waals surface area contributed by atoms with Crippen LogP contribution in [0.4, 0.5) is 0 Å². The van der Waals surface area contributed by atoms with Crippen LogP contribution in [0, 0.1) is 50.2 Å². The third-order valence-corrected chi connectivity index (χ3v) is 5.13. The van der Waals surface area contributed by atoms with Crippen molar-refractivity contribution in [3.05, 3.63) is 35.9 Å². The van der Waals surface area contributed by atoms with Gasteiger partial charge in [0, 0.05) is 6.92 Å². The first-order valence-corrected chi connectivity index (χ1v) is 7.70. The Morgan fingerprint density at radius 2 is 1.75 bits per heavy atom. The predicted molar refractivity (Wildman–Crippen MR) is 83.3 cm³/mol. The van der Waals surface area contributed by atoms with Gasteiger partial charge in [-0.15, -0.1) is 0 Å². The van der Waals surface area contributed by atoms with Gasteiger partial charge in [0.1, 0.15) is 0 Å². The Morgan fingerprint density at radius 1 is 1.12 bits per heavy atom. The fourth-order valence-corrected chi connectivity index (χ4v) is 4.13. The summed E-state index contributed by atoms with van der Waals surface area (Å²) in [4.78, 5) is 0. The van der Waals surface area contributed by atoms with Gasteiger partial charge in [-0.05, 0) is 12.0 Å². The predicted octanol–water partition coefficient (Wildman–Crippen LogP) is 2.85. The van der Waals surface area contributed by atoms with Crippen LogP contribution in [0.3, 0.4) is 0 Å². The van der Waals surface area contributed by atoms with Crippen LogP contribution in [0.1, 0.15) is 31.7 Å². The van der Waals surface area contributed by atoms with Crippen molar-refractivity contribution in [1.82, 2.24) is 0 Å². The molecule has 0 saturated carbocycles. The van der Waals surface area contributed by atoms with Gasteiger partial charge in [-0.2, -0.15) is 15.8 Å². The van der Waals surface area contributed by atoms with Crippen molar-refractivity contribution in [2.45, 2.75) is 38.1 Å². The lowest BCUT2D eigenvalue weighted by atomic mass is 9.50. The molecule has 3 heterocycles. The summed E-state index contributed by atoms with van der Waals surface area (Å²) in [7, 11) is 0. The molecule has 4 atom stereocenters. The van der Waals surface area contributed by atoms with Crippen LogP contribution >= 0.6 is 0 Å². The largest absolute Gasteiger partial charge is 0.447 e. The van der Waals surface area contributed by atoms with E-state index in [0.717, 1.165) is 0 Å². The molecule has 2 bridgehead atoms. The van der Waals surface area contributed by atoms with E-state index < -0.39 is 28.6 Å². The number of nitrogens with one attached hydrogen (secondary N) is 1. The first kappa shape index (κ1) is 16.0. The zero-order valence-corrected chi connectivity index (χ0v) is 13.4. The van der Waals surface area contributed by atoms with E-state index in [9.17, 15) is 15.8 Å². The van der Waals surface area contributed by atoms with Gasteiger partial charge < -0.3 is 9.47 Å². The Morgan fingerprint density at radius 3 is 2.25 bits per heavy atom. The summed E-state index contributed by atoms with van der Waals surface area (Å²) in [5.41, 5.74) is -2.86.